The summed E-state index contributed by atoms with van der Waals surface area (Å²) in [6.45, 7) is 4.56. The van der Waals surface area contributed by atoms with Crippen molar-refractivity contribution >= 4 is 0 Å². The summed E-state index contributed by atoms with van der Waals surface area (Å²) in [5, 5.41) is 0. The van der Waals surface area contributed by atoms with E-state index in [1.54, 1.807) is 6.07 Å². The second-order valence-corrected chi connectivity index (χ2v) is 9.69. The van der Waals surface area contributed by atoms with Gasteiger partial charge in [0.2, 0.25) is 5.82 Å². The van der Waals surface area contributed by atoms with Crippen molar-refractivity contribution in [1.29, 1.82) is 0 Å². The lowest BCUT2D eigenvalue weighted by atomic mass is 9.76. The molecule has 0 aromatic heterocycles. The minimum atomic E-state index is -1.22. The van der Waals surface area contributed by atoms with Gasteiger partial charge in [0.15, 0.2) is 23.2 Å². The van der Waals surface area contributed by atoms with Crippen LogP contribution in [0.3, 0.4) is 0 Å². The molecule has 0 heterocycles. The Kier molecular flexibility index (Phi) is 10.3. The summed E-state index contributed by atoms with van der Waals surface area (Å²) >= 11 is 0. The summed E-state index contributed by atoms with van der Waals surface area (Å²) in [7, 11) is 0. The van der Waals surface area contributed by atoms with Crippen molar-refractivity contribution in [2.75, 3.05) is 6.61 Å². The van der Waals surface area contributed by atoms with Gasteiger partial charge >= 0.3 is 0 Å². The molecule has 0 amide bonds. The van der Waals surface area contributed by atoms with Crippen molar-refractivity contribution in [1.82, 2.24) is 0 Å². The van der Waals surface area contributed by atoms with Crippen molar-refractivity contribution in [2.45, 2.75) is 96.8 Å². The fourth-order valence-corrected chi connectivity index (χ4v) is 5.10. The summed E-state index contributed by atoms with van der Waals surface area (Å²) < 4.78 is 64.8. The number of unbranched alkanes of at least 4 members (excludes halogenated alkanes) is 5. The minimum Gasteiger partial charge on any atom is -0.490 e. The average molecular weight is 479 g/mol. The van der Waals surface area contributed by atoms with Gasteiger partial charge in [0, 0.05) is 11.1 Å². The van der Waals surface area contributed by atoms with Crippen LogP contribution in [-0.4, -0.2) is 6.61 Å². The SMILES string of the molecule is CCCCCCOc1ccc(-c2ccc(C3CCC(CCCCC)CC3)c(F)c2F)c(F)c1F. The number of benzene rings is 2. The van der Waals surface area contributed by atoms with E-state index in [1.807, 2.05) is 0 Å². The monoisotopic (exact) mass is 478 g/mol. The summed E-state index contributed by atoms with van der Waals surface area (Å²) in [4.78, 5) is 0. The molecule has 0 bridgehead atoms. The predicted octanol–water partition coefficient (Wildman–Crippen LogP) is 9.72. The van der Waals surface area contributed by atoms with E-state index in [9.17, 15) is 8.78 Å². The molecule has 0 spiro atoms. The van der Waals surface area contributed by atoms with Crippen molar-refractivity contribution in [3.63, 3.8) is 0 Å². The van der Waals surface area contributed by atoms with Gasteiger partial charge in [-0.2, -0.15) is 4.39 Å². The van der Waals surface area contributed by atoms with Gasteiger partial charge in [0.1, 0.15) is 0 Å². The zero-order valence-electron chi connectivity index (χ0n) is 20.6. The van der Waals surface area contributed by atoms with Gasteiger partial charge in [-0.3, -0.25) is 0 Å². The molecule has 1 aliphatic carbocycles. The molecule has 2 aromatic rings. The molecule has 0 N–H and O–H groups in total. The Hall–Kier alpha value is -2.04. The number of ether oxygens (including phenoxy) is 1. The van der Waals surface area contributed by atoms with Crippen LogP contribution in [0.2, 0.25) is 0 Å². The molecule has 1 fully saturated rings. The van der Waals surface area contributed by atoms with Crippen molar-refractivity contribution in [2.24, 2.45) is 5.92 Å². The van der Waals surface area contributed by atoms with Gasteiger partial charge in [-0.15, -0.1) is 0 Å². The molecule has 0 radical (unpaired) electrons. The van der Waals surface area contributed by atoms with E-state index in [4.69, 9.17) is 4.74 Å². The van der Waals surface area contributed by atoms with E-state index >= 15 is 8.78 Å². The first kappa shape index (κ1) is 26.6. The summed E-state index contributed by atoms with van der Waals surface area (Å²) in [6.07, 6.45) is 12.4. The van der Waals surface area contributed by atoms with E-state index < -0.39 is 23.3 Å². The molecule has 5 heteroatoms. The zero-order chi connectivity index (χ0) is 24.5. The highest BCUT2D eigenvalue weighted by Crippen LogP contribution is 2.41. The standard InChI is InChI=1S/C29H38F4O/c1-3-5-7-9-19-34-25-18-17-24(28(32)29(25)33)23-16-15-22(26(30)27(23)31)21-13-11-20(12-14-21)10-8-6-4-2/h15-18,20-21H,3-14,19H2,1-2H3. The van der Waals surface area contributed by atoms with Gasteiger partial charge in [0.25, 0.3) is 0 Å². The van der Waals surface area contributed by atoms with Crippen molar-refractivity contribution in [3.8, 4) is 16.9 Å². The molecule has 0 aliphatic heterocycles. The molecule has 1 aliphatic rings. The topological polar surface area (TPSA) is 9.23 Å². The van der Waals surface area contributed by atoms with E-state index in [-0.39, 0.29) is 29.4 Å². The lowest BCUT2D eigenvalue weighted by Gasteiger charge is -2.29. The maximum Gasteiger partial charge on any atom is 0.201 e. The lowest BCUT2D eigenvalue weighted by molar-refractivity contribution is 0.285. The van der Waals surface area contributed by atoms with Gasteiger partial charge in [0.05, 0.1) is 6.61 Å². The van der Waals surface area contributed by atoms with Crippen molar-refractivity contribution in [3.05, 3.63) is 53.1 Å². The molecular formula is C29H38F4O. The van der Waals surface area contributed by atoms with Crippen LogP contribution in [0.1, 0.15) is 102 Å². The highest BCUT2D eigenvalue weighted by molar-refractivity contribution is 5.66. The van der Waals surface area contributed by atoms with Crippen LogP contribution in [0.4, 0.5) is 17.6 Å². The fourth-order valence-electron chi connectivity index (χ4n) is 5.10. The lowest BCUT2D eigenvalue weighted by Crippen LogP contribution is -2.15. The largest absolute Gasteiger partial charge is 0.490 e. The van der Waals surface area contributed by atoms with Crippen LogP contribution in [0, 0.1) is 29.2 Å². The van der Waals surface area contributed by atoms with E-state index in [0.29, 0.717) is 11.5 Å². The molecule has 3 rings (SSSR count). The molecule has 2 aromatic carbocycles. The smallest absolute Gasteiger partial charge is 0.201 e. The third kappa shape index (κ3) is 6.55. The third-order valence-corrected chi connectivity index (χ3v) is 7.21. The Morgan fingerprint density at radius 1 is 0.676 bits per heavy atom. The summed E-state index contributed by atoms with van der Waals surface area (Å²) in [5.41, 5.74) is -0.208. The van der Waals surface area contributed by atoms with E-state index in [1.165, 1.54) is 43.9 Å². The first-order chi connectivity index (χ1) is 16.5. The normalized spacial score (nSPS) is 18.3. The molecule has 1 saturated carbocycles. The quantitative estimate of drug-likeness (QED) is 0.218. The number of hydrogen-bond acceptors (Lipinski definition) is 1. The highest BCUT2D eigenvalue weighted by Gasteiger charge is 2.27. The maximum atomic E-state index is 15.0. The highest BCUT2D eigenvalue weighted by atomic mass is 19.2. The van der Waals surface area contributed by atoms with Gasteiger partial charge in [-0.1, -0.05) is 70.9 Å². The van der Waals surface area contributed by atoms with E-state index in [2.05, 4.69) is 13.8 Å². The molecular weight excluding hydrogens is 440 g/mol. The minimum absolute atomic E-state index is 0.0314. The van der Waals surface area contributed by atoms with Crippen LogP contribution < -0.4 is 4.74 Å². The number of rotatable bonds is 12. The van der Waals surface area contributed by atoms with Gasteiger partial charge in [-0.25, -0.2) is 13.2 Å². The first-order valence-corrected chi connectivity index (χ1v) is 13.1. The van der Waals surface area contributed by atoms with Crippen LogP contribution in [0.25, 0.3) is 11.1 Å². The molecule has 34 heavy (non-hydrogen) atoms. The Morgan fingerprint density at radius 2 is 1.29 bits per heavy atom. The van der Waals surface area contributed by atoms with E-state index in [0.717, 1.165) is 51.4 Å². The summed E-state index contributed by atoms with van der Waals surface area (Å²) in [6, 6.07) is 5.48. The molecule has 0 atom stereocenters. The summed E-state index contributed by atoms with van der Waals surface area (Å²) in [5.74, 6) is -4.01. The number of hydrogen-bond donors (Lipinski definition) is 0. The number of halogens is 4. The van der Waals surface area contributed by atoms with Crippen molar-refractivity contribution < 1.29 is 22.3 Å². The second kappa shape index (κ2) is 13.2. The van der Waals surface area contributed by atoms with Crippen LogP contribution in [0.15, 0.2) is 24.3 Å². The Bertz CT molecular complexity index is 919. The first-order valence-electron chi connectivity index (χ1n) is 13.1. The Morgan fingerprint density at radius 3 is 1.97 bits per heavy atom. The molecule has 1 nitrogen and oxygen atoms in total. The second-order valence-electron chi connectivity index (χ2n) is 9.69. The third-order valence-electron chi connectivity index (χ3n) is 7.21. The zero-order valence-corrected chi connectivity index (χ0v) is 20.6. The predicted molar refractivity (Wildman–Crippen MR) is 130 cm³/mol. The Balaban J connectivity index is 1.69. The van der Waals surface area contributed by atoms with Crippen LogP contribution >= 0.6 is 0 Å². The Labute approximate surface area is 201 Å². The van der Waals surface area contributed by atoms with Gasteiger partial charge < -0.3 is 4.74 Å². The van der Waals surface area contributed by atoms with Crippen LogP contribution in [-0.2, 0) is 0 Å². The fraction of sp³-hybridized carbons (Fsp3) is 0.586. The maximum absolute atomic E-state index is 15.0. The molecule has 188 valence electrons. The average Bonchev–Trinajstić information content (AvgIpc) is 2.84. The van der Waals surface area contributed by atoms with Crippen LogP contribution in [0.5, 0.6) is 5.75 Å². The molecule has 0 saturated heterocycles. The molecule has 0 unspecified atom stereocenters. The van der Waals surface area contributed by atoms with Gasteiger partial charge in [-0.05, 0) is 61.6 Å².